The number of amides is 2. The van der Waals surface area contributed by atoms with Gasteiger partial charge in [0.15, 0.2) is 0 Å². The Labute approximate surface area is 154 Å². The monoisotopic (exact) mass is 385 g/mol. The molecule has 0 fully saturated rings. The van der Waals surface area contributed by atoms with Crippen molar-refractivity contribution in [2.24, 2.45) is 11.8 Å². The highest BCUT2D eigenvalue weighted by Gasteiger charge is 2.25. The molecule has 144 valence electrons. The average Bonchev–Trinajstić information content (AvgIpc) is 3.03. The van der Waals surface area contributed by atoms with Crippen molar-refractivity contribution in [3.05, 3.63) is 16.6 Å². The van der Waals surface area contributed by atoms with Gasteiger partial charge in [0.2, 0.25) is 11.8 Å². The van der Waals surface area contributed by atoms with Crippen LogP contribution in [0.1, 0.15) is 31.7 Å². The summed E-state index contributed by atoms with van der Waals surface area (Å²) in [5.74, 6) is -4.13. The number of carboxylic acids is 2. The minimum Gasteiger partial charge on any atom is -0.481 e. The largest absolute Gasteiger partial charge is 0.481 e. The van der Waals surface area contributed by atoms with E-state index in [0.717, 1.165) is 0 Å². The smallest absolute Gasteiger partial charge is 0.326 e. The molecule has 1 aromatic heterocycles. The van der Waals surface area contributed by atoms with Crippen LogP contribution >= 0.6 is 11.3 Å². The minimum atomic E-state index is -1.21. The molecule has 2 atom stereocenters. The summed E-state index contributed by atoms with van der Waals surface area (Å²) in [6.07, 6.45) is 1.63. The lowest BCUT2D eigenvalue weighted by Crippen LogP contribution is -2.47. The molecule has 26 heavy (non-hydrogen) atoms. The third kappa shape index (κ3) is 8.06. The molecule has 0 bridgehead atoms. The number of nitrogens with zero attached hydrogens (tertiary/aromatic N) is 1. The predicted octanol–water partition coefficient (Wildman–Crippen LogP) is 0.508. The fourth-order valence-electron chi connectivity index (χ4n) is 2.35. The number of rotatable bonds is 11. The highest BCUT2D eigenvalue weighted by molar-refractivity contribution is 7.09. The summed E-state index contributed by atoms with van der Waals surface area (Å²) < 4.78 is 0. The number of thiazole rings is 1. The van der Waals surface area contributed by atoms with Crippen molar-refractivity contribution in [2.45, 2.75) is 39.2 Å². The summed E-state index contributed by atoms with van der Waals surface area (Å²) in [5.41, 5.74) is 0. The third-order valence-corrected chi connectivity index (χ3v) is 4.27. The Bertz CT molecular complexity index is 632. The summed E-state index contributed by atoms with van der Waals surface area (Å²) in [6, 6.07) is -1.16. The first-order valence-corrected chi connectivity index (χ1v) is 8.97. The van der Waals surface area contributed by atoms with Gasteiger partial charge in [0, 0.05) is 23.9 Å². The number of aromatic nitrogens is 1. The zero-order valence-corrected chi connectivity index (χ0v) is 15.4. The summed E-state index contributed by atoms with van der Waals surface area (Å²) >= 11 is 1.28. The molecule has 1 aromatic rings. The Hall–Kier alpha value is -2.49. The minimum absolute atomic E-state index is 0.0433. The highest BCUT2D eigenvalue weighted by atomic mass is 32.1. The standard InChI is InChI=1S/C16H23N3O6S/c1-9(2)5-10(6-14(21)22)15(23)18-8-12(20)19-11(16(24)25)7-13-17-3-4-26-13/h3-4,9-11H,5-8H2,1-2H3,(H,18,23)(H,19,20)(H,21,22)(H,24,25)/t10?,11-/m0/s1. The van der Waals surface area contributed by atoms with E-state index < -0.39 is 42.3 Å². The van der Waals surface area contributed by atoms with E-state index in [9.17, 15) is 24.3 Å². The maximum absolute atomic E-state index is 12.1. The van der Waals surface area contributed by atoms with Crippen LogP contribution in [0.25, 0.3) is 0 Å². The molecule has 1 unspecified atom stereocenters. The molecule has 0 aromatic carbocycles. The first kappa shape index (κ1) is 21.6. The van der Waals surface area contributed by atoms with Crippen molar-refractivity contribution in [3.63, 3.8) is 0 Å². The van der Waals surface area contributed by atoms with Gasteiger partial charge in [-0.05, 0) is 12.3 Å². The number of carboxylic acid groups (broad SMARTS) is 2. The molecule has 0 aliphatic carbocycles. The van der Waals surface area contributed by atoms with Crippen molar-refractivity contribution < 1.29 is 29.4 Å². The Kier molecular flexibility index (Phi) is 8.70. The van der Waals surface area contributed by atoms with Gasteiger partial charge in [0.05, 0.1) is 18.0 Å². The molecule has 9 nitrogen and oxygen atoms in total. The quantitative estimate of drug-likeness (QED) is 0.434. The van der Waals surface area contributed by atoms with Gasteiger partial charge in [-0.3, -0.25) is 14.4 Å². The van der Waals surface area contributed by atoms with Crippen molar-refractivity contribution in [2.75, 3.05) is 6.54 Å². The number of hydrogen-bond donors (Lipinski definition) is 4. The fraction of sp³-hybridized carbons (Fsp3) is 0.562. The van der Waals surface area contributed by atoms with Gasteiger partial charge >= 0.3 is 11.9 Å². The van der Waals surface area contributed by atoms with Crippen LogP contribution in [0, 0.1) is 11.8 Å². The van der Waals surface area contributed by atoms with Crippen molar-refractivity contribution >= 4 is 35.1 Å². The molecular formula is C16H23N3O6S. The maximum atomic E-state index is 12.1. The van der Waals surface area contributed by atoms with Crippen molar-refractivity contribution in [1.82, 2.24) is 15.6 Å². The van der Waals surface area contributed by atoms with Crippen LogP contribution in [0.3, 0.4) is 0 Å². The Morgan fingerprint density at radius 2 is 1.92 bits per heavy atom. The first-order valence-electron chi connectivity index (χ1n) is 8.09. The lowest BCUT2D eigenvalue weighted by atomic mass is 9.93. The van der Waals surface area contributed by atoms with Crippen LogP contribution in [0.5, 0.6) is 0 Å². The number of nitrogens with one attached hydrogen (secondary N) is 2. The molecule has 2 amide bonds. The van der Waals surface area contributed by atoms with E-state index in [2.05, 4.69) is 15.6 Å². The Morgan fingerprint density at radius 1 is 1.23 bits per heavy atom. The molecule has 10 heteroatoms. The van der Waals surface area contributed by atoms with Gasteiger partial charge in [-0.15, -0.1) is 11.3 Å². The zero-order valence-electron chi connectivity index (χ0n) is 14.6. The van der Waals surface area contributed by atoms with Crippen LogP contribution in [-0.2, 0) is 25.6 Å². The van der Waals surface area contributed by atoms with Gasteiger partial charge in [-0.25, -0.2) is 9.78 Å². The van der Waals surface area contributed by atoms with Gasteiger partial charge in [-0.1, -0.05) is 13.8 Å². The van der Waals surface area contributed by atoms with Crippen molar-refractivity contribution in [3.8, 4) is 0 Å². The SMILES string of the molecule is CC(C)CC(CC(=O)O)C(=O)NCC(=O)N[C@@H](Cc1nccs1)C(=O)O. The topological polar surface area (TPSA) is 146 Å². The molecule has 0 saturated carbocycles. The normalized spacial score (nSPS) is 13.0. The number of aliphatic carboxylic acids is 2. The molecule has 4 N–H and O–H groups in total. The average molecular weight is 385 g/mol. The van der Waals surface area contributed by atoms with Crippen LogP contribution < -0.4 is 10.6 Å². The number of hydrogen-bond acceptors (Lipinski definition) is 6. The zero-order chi connectivity index (χ0) is 19.7. The molecule has 0 saturated heterocycles. The van der Waals surface area contributed by atoms with E-state index in [-0.39, 0.29) is 18.8 Å². The predicted molar refractivity (Wildman–Crippen MR) is 93.6 cm³/mol. The van der Waals surface area contributed by atoms with Crippen LogP contribution in [-0.4, -0.2) is 51.5 Å². The van der Waals surface area contributed by atoms with E-state index in [1.807, 2.05) is 13.8 Å². The van der Waals surface area contributed by atoms with E-state index in [1.54, 1.807) is 5.38 Å². The summed E-state index contributed by atoms with van der Waals surface area (Å²) in [5, 5.41) is 25.1. The molecule has 0 aliphatic heterocycles. The Morgan fingerprint density at radius 3 is 2.42 bits per heavy atom. The number of carbonyl (C=O) groups excluding carboxylic acids is 2. The molecule has 0 spiro atoms. The van der Waals surface area contributed by atoms with E-state index >= 15 is 0 Å². The van der Waals surface area contributed by atoms with Gasteiger partial charge < -0.3 is 20.8 Å². The van der Waals surface area contributed by atoms with E-state index in [0.29, 0.717) is 11.4 Å². The van der Waals surface area contributed by atoms with Crippen LogP contribution in [0.2, 0.25) is 0 Å². The fourth-order valence-corrected chi connectivity index (χ4v) is 3.01. The van der Waals surface area contributed by atoms with Gasteiger partial charge in [-0.2, -0.15) is 0 Å². The second-order valence-corrected chi connectivity index (χ2v) is 7.21. The Balaban J connectivity index is 2.55. The van der Waals surface area contributed by atoms with Crippen molar-refractivity contribution in [1.29, 1.82) is 0 Å². The summed E-state index contributed by atoms with van der Waals surface area (Å²) in [7, 11) is 0. The summed E-state index contributed by atoms with van der Waals surface area (Å²) in [4.78, 5) is 50.2. The van der Waals surface area contributed by atoms with Crippen LogP contribution in [0.15, 0.2) is 11.6 Å². The third-order valence-electron chi connectivity index (χ3n) is 3.47. The highest BCUT2D eigenvalue weighted by Crippen LogP contribution is 2.15. The number of carbonyl (C=O) groups is 4. The van der Waals surface area contributed by atoms with E-state index in [4.69, 9.17) is 5.11 Å². The lowest BCUT2D eigenvalue weighted by molar-refractivity contribution is -0.142. The van der Waals surface area contributed by atoms with Gasteiger partial charge in [0.1, 0.15) is 6.04 Å². The molecule has 0 aliphatic rings. The second-order valence-electron chi connectivity index (χ2n) is 6.23. The molecule has 1 heterocycles. The molecule has 1 rings (SSSR count). The first-order chi connectivity index (χ1) is 12.2. The van der Waals surface area contributed by atoms with Gasteiger partial charge in [0.25, 0.3) is 0 Å². The lowest BCUT2D eigenvalue weighted by Gasteiger charge is -2.18. The molecular weight excluding hydrogens is 362 g/mol. The van der Waals surface area contributed by atoms with E-state index in [1.165, 1.54) is 17.5 Å². The summed E-state index contributed by atoms with van der Waals surface area (Å²) in [6.45, 7) is 3.31. The molecule has 0 radical (unpaired) electrons. The second kappa shape index (κ2) is 10.5. The maximum Gasteiger partial charge on any atom is 0.326 e. The van der Waals surface area contributed by atoms with Crippen LogP contribution in [0.4, 0.5) is 0 Å².